The predicted molar refractivity (Wildman–Crippen MR) is 60.8 cm³/mol. The second-order valence-electron chi connectivity index (χ2n) is 4.94. The van der Waals surface area contributed by atoms with Gasteiger partial charge in [0, 0.05) is 6.04 Å². The fourth-order valence-electron chi connectivity index (χ4n) is 3.03. The van der Waals surface area contributed by atoms with E-state index in [9.17, 15) is 9.59 Å². The second-order valence-corrected chi connectivity index (χ2v) is 4.94. The summed E-state index contributed by atoms with van der Waals surface area (Å²) in [6.45, 7) is 4.27. The molecule has 1 N–H and O–H groups in total. The molecule has 1 aliphatic heterocycles. The molecule has 4 heteroatoms. The average Bonchev–Trinajstić information content (AvgIpc) is 2.74. The molecule has 1 aliphatic carbocycles. The van der Waals surface area contributed by atoms with Crippen molar-refractivity contribution in [1.82, 2.24) is 10.2 Å². The van der Waals surface area contributed by atoms with E-state index in [2.05, 4.69) is 12.2 Å². The zero-order valence-electron chi connectivity index (χ0n) is 10.1. The maximum atomic E-state index is 12.1. The minimum Gasteiger partial charge on any atom is -0.345 e. The van der Waals surface area contributed by atoms with E-state index < -0.39 is 5.54 Å². The van der Waals surface area contributed by atoms with E-state index in [-0.39, 0.29) is 24.4 Å². The summed E-state index contributed by atoms with van der Waals surface area (Å²) in [4.78, 5) is 26.0. The van der Waals surface area contributed by atoms with Crippen LogP contribution in [0.3, 0.4) is 0 Å². The molecule has 1 heterocycles. The Morgan fingerprint density at radius 3 is 2.56 bits per heavy atom. The van der Waals surface area contributed by atoms with Gasteiger partial charge in [0.15, 0.2) is 0 Å². The SMILES string of the molecule is CCC(C)N1C(=O)CNC(=O)C12CCCC2. The maximum absolute atomic E-state index is 12.1. The lowest BCUT2D eigenvalue weighted by molar-refractivity contribution is -0.156. The number of nitrogens with one attached hydrogen (secondary N) is 1. The molecule has 2 fully saturated rings. The van der Waals surface area contributed by atoms with Gasteiger partial charge in [-0.05, 0) is 26.2 Å². The molecule has 0 radical (unpaired) electrons. The Balaban J connectivity index is 2.34. The van der Waals surface area contributed by atoms with Crippen LogP contribution in [-0.4, -0.2) is 34.8 Å². The summed E-state index contributed by atoms with van der Waals surface area (Å²) in [5.41, 5.74) is -0.523. The first-order chi connectivity index (χ1) is 7.62. The van der Waals surface area contributed by atoms with Gasteiger partial charge in [0.1, 0.15) is 5.54 Å². The van der Waals surface area contributed by atoms with Gasteiger partial charge < -0.3 is 10.2 Å². The van der Waals surface area contributed by atoms with E-state index in [0.29, 0.717) is 0 Å². The largest absolute Gasteiger partial charge is 0.345 e. The van der Waals surface area contributed by atoms with Crippen molar-refractivity contribution in [3.63, 3.8) is 0 Å². The third-order valence-electron chi connectivity index (χ3n) is 4.01. The van der Waals surface area contributed by atoms with Crippen LogP contribution < -0.4 is 5.32 Å². The summed E-state index contributed by atoms with van der Waals surface area (Å²) >= 11 is 0. The lowest BCUT2D eigenvalue weighted by Gasteiger charge is -2.46. The fraction of sp³-hybridized carbons (Fsp3) is 0.833. The van der Waals surface area contributed by atoms with Gasteiger partial charge in [-0.3, -0.25) is 9.59 Å². The first-order valence-corrected chi connectivity index (χ1v) is 6.22. The van der Waals surface area contributed by atoms with Crippen LogP contribution in [0.15, 0.2) is 0 Å². The lowest BCUT2D eigenvalue weighted by Crippen LogP contribution is -2.68. The number of carbonyl (C=O) groups is 2. The monoisotopic (exact) mass is 224 g/mol. The van der Waals surface area contributed by atoms with Gasteiger partial charge in [0.2, 0.25) is 11.8 Å². The quantitative estimate of drug-likeness (QED) is 0.762. The van der Waals surface area contributed by atoms with E-state index in [1.807, 2.05) is 11.8 Å². The van der Waals surface area contributed by atoms with Gasteiger partial charge >= 0.3 is 0 Å². The molecule has 0 aromatic rings. The Kier molecular flexibility index (Phi) is 2.91. The molecule has 0 aromatic carbocycles. The molecule has 0 aromatic heterocycles. The molecular weight excluding hydrogens is 204 g/mol. The molecule has 2 rings (SSSR count). The third-order valence-corrected chi connectivity index (χ3v) is 4.01. The van der Waals surface area contributed by atoms with Crippen molar-refractivity contribution in [3.8, 4) is 0 Å². The normalized spacial score (nSPS) is 26.0. The minimum atomic E-state index is -0.523. The molecule has 0 bridgehead atoms. The third kappa shape index (κ3) is 1.51. The Bertz CT molecular complexity index is 308. The van der Waals surface area contributed by atoms with Crippen LogP contribution >= 0.6 is 0 Å². The van der Waals surface area contributed by atoms with E-state index >= 15 is 0 Å². The zero-order valence-corrected chi connectivity index (χ0v) is 10.1. The molecule has 1 unspecified atom stereocenters. The Morgan fingerprint density at radius 2 is 2.00 bits per heavy atom. The molecule has 2 aliphatic rings. The van der Waals surface area contributed by atoms with Crippen molar-refractivity contribution in [1.29, 1.82) is 0 Å². The Labute approximate surface area is 96.4 Å². The van der Waals surface area contributed by atoms with Crippen LogP contribution in [-0.2, 0) is 9.59 Å². The molecule has 1 spiro atoms. The van der Waals surface area contributed by atoms with E-state index in [1.54, 1.807) is 0 Å². The highest BCUT2D eigenvalue weighted by atomic mass is 16.2. The highest BCUT2D eigenvalue weighted by molar-refractivity contribution is 5.98. The van der Waals surface area contributed by atoms with E-state index in [0.717, 1.165) is 32.1 Å². The standard InChI is InChI=1S/C12H20N2O2/c1-3-9(2)14-10(15)8-13-11(16)12(14)6-4-5-7-12/h9H,3-8H2,1-2H3,(H,13,16). The van der Waals surface area contributed by atoms with Crippen LogP contribution in [0.25, 0.3) is 0 Å². The molecule has 16 heavy (non-hydrogen) atoms. The Morgan fingerprint density at radius 1 is 1.38 bits per heavy atom. The zero-order chi connectivity index (χ0) is 11.8. The summed E-state index contributed by atoms with van der Waals surface area (Å²) in [5, 5.41) is 2.74. The predicted octanol–water partition coefficient (Wildman–Crippen LogP) is 1.06. The first kappa shape index (κ1) is 11.4. The van der Waals surface area contributed by atoms with Crippen molar-refractivity contribution in [2.24, 2.45) is 0 Å². The summed E-state index contributed by atoms with van der Waals surface area (Å²) in [6.07, 6.45) is 4.66. The van der Waals surface area contributed by atoms with Crippen molar-refractivity contribution < 1.29 is 9.59 Å². The lowest BCUT2D eigenvalue weighted by atomic mass is 9.89. The van der Waals surface area contributed by atoms with Gasteiger partial charge in [0.05, 0.1) is 6.54 Å². The number of hydrogen-bond donors (Lipinski definition) is 1. The van der Waals surface area contributed by atoms with E-state index in [1.165, 1.54) is 0 Å². The second kappa shape index (κ2) is 4.07. The van der Waals surface area contributed by atoms with Crippen molar-refractivity contribution in [2.45, 2.75) is 57.5 Å². The van der Waals surface area contributed by atoms with Crippen LogP contribution in [0.2, 0.25) is 0 Å². The maximum Gasteiger partial charge on any atom is 0.246 e. The number of hydrogen-bond acceptors (Lipinski definition) is 2. The van der Waals surface area contributed by atoms with Gasteiger partial charge in [-0.15, -0.1) is 0 Å². The van der Waals surface area contributed by atoms with Crippen LogP contribution in [0, 0.1) is 0 Å². The molecule has 90 valence electrons. The molecule has 1 atom stereocenters. The molecule has 4 nitrogen and oxygen atoms in total. The molecule has 1 saturated heterocycles. The molecule has 1 saturated carbocycles. The number of carbonyl (C=O) groups excluding carboxylic acids is 2. The van der Waals surface area contributed by atoms with Crippen LogP contribution in [0.5, 0.6) is 0 Å². The number of rotatable bonds is 2. The highest BCUT2D eigenvalue weighted by Crippen LogP contribution is 2.38. The summed E-state index contributed by atoms with van der Waals surface area (Å²) in [7, 11) is 0. The molecule has 2 amide bonds. The Hall–Kier alpha value is -1.06. The van der Waals surface area contributed by atoms with Crippen LogP contribution in [0.1, 0.15) is 46.0 Å². The summed E-state index contributed by atoms with van der Waals surface area (Å²) < 4.78 is 0. The topological polar surface area (TPSA) is 49.4 Å². The van der Waals surface area contributed by atoms with Crippen molar-refractivity contribution in [3.05, 3.63) is 0 Å². The van der Waals surface area contributed by atoms with Crippen LogP contribution in [0.4, 0.5) is 0 Å². The number of piperazine rings is 1. The molecular formula is C12H20N2O2. The number of nitrogens with zero attached hydrogens (tertiary/aromatic N) is 1. The fourth-order valence-corrected chi connectivity index (χ4v) is 3.03. The summed E-state index contributed by atoms with van der Waals surface area (Å²) in [6, 6.07) is 0.164. The van der Waals surface area contributed by atoms with E-state index in [4.69, 9.17) is 0 Å². The van der Waals surface area contributed by atoms with Gasteiger partial charge in [-0.25, -0.2) is 0 Å². The van der Waals surface area contributed by atoms with Gasteiger partial charge in [0.25, 0.3) is 0 Å². The van der Waals surface area contributed by atoms with Crippen molar-refractivity contribution in [2.75, 3.05) is 6.54 Å². The number of amides is 2. The average molecular weight is 224 g/mol. The van der Waals surface area contributed by atoms with Gasteiger partial charge in [-0.1, -0.05) is 19.8 Å². The van der Waals surface area contributed by atoms with Crippen molar-refractivity contribution >= 4 is 11.8 Å². The minimum absolute atomic E-state index is 0.0601. The summed E-state index contributed by atoms with van der Waals surface area (Å²) in [5.74, 6) is 0.140. The highest BCUT2D eigenvalue weighted by Gasteiger charge is 2.51. The van der Waals surface area contributed by atoms with Gasteiger partial charge in [-0.2, -0.15) is 0 Å². The smallest absolute Gasteiger partial charge is 0.246 e. The first-order valence-electron chi connectivity index (χ1n) is 6.22.